The standard InChI is InChI=1S/C60H114O13/c1-5-9-13-17-21-25-29-33-37-41-47(42-38-34-30-26-22-18-14-10-6-2)57(67)69-45-49-51(61)53(63)55(65)59(71-49)73-60-56(66)54(64)52(62)50(72-60)46-70-58(68)48(43-39-35-31-27-23-19-15-11-7-3)44-40-36-32-28-24-20-16-12-8-4/h47-56,59-66H,5-46H2,1-4H3/t49?,50?,51-,52-,53-,54-,55?,56?,59-,60-/m0/s1. The summed E-state index contributed by atoms with van der Waals surface area (Å²) in [4.78, 5) is 27.4. The van der Waals surface area contributed by atoms with Crippen molar-refractivity contribution in [2.24, 2.45) is 11.8 Å². The van der Waals surface area contributed by atoms with Crippen LogP contribution in [0.4, 0.5) is 0 Å². The van der Waals surface area contributed by atoms with Gasteiger partial charge < -0.3 is 54.3 Å². The maximum Gasteiger partial charge on any atom is 0.309 e. The van der Waals surface area contributed by atoms with Crippen molar-refractivity contribution in [3.63, 3.8) is 0 Å². The first-order valence-corrected chi connectivity index (χ1v) is 30.9. The van der Waals surface area contributed by atoms with Gasteiger partial charge in [0.2, 0.25) is 0 Å². The third-order valence-electron chi connectivity index (χ3n) is 15.7. The molecule has 6 N–H and O–H groups in total. The van der Waals surface area contributed by atoms with E-state index in [1.54, 1.807) is 0 Å². The van der Waals surface area contributed by atoms with E-state index < -0.39 is 86.6 Å². The molecule has 2 heterocycles. The highest BCUT2D eigenvalue weighted by atomic mass is 16.8. The van der Waals surface area contributed by atoms with Gasteiger partial charge in [-0.2, -0.15) is 0 Å². The number of ether oxygens (including phenoxy) is 5. The van der Waals surface area contributed by atoms with Crippen LogP contribution in [0.15, 0.2) is 0 Å². The second-order valence-corrected chi connectivity index (χ2v) is 22.3. The smallest absolute Gasteiger partial charge is 0.309 e. The molecule has 2 aliphatic rings. The Morgan fingerprint density at radius 3 is 0.781 bits per heavy atom. The Morgan fingerprint density at radius 2 is 0.548 bits per heavy atom. The summed E-state index contributed by atoms with van der Waals surface area (Å²) in [5, 5.41) is 65.8. The van der Waals surface area contributed by atoms with Gasteiger partial charge in [0, 0.05) is 0 Å². The molecular formula is C60H114O13. The van der Waals surface area contributed by atoms with E-state index in [1.165, 1.54) is 154 Å². The molecule has 13 heteroatoms. The Hall–Kier alpha value is -1.42. The third kappa shape index (κ3) is 30.4. The second kappa shape index (κ2) is 44.5. The fraction of sp³-hybridized carbons (Fsp3) is 0.967. The van der Waals surface area contributed by atoms with Crippen LogP contribution in [0.25, 0.3) is 0 Å². The molecule has 4 unspecified atom stereocenters. The van der Waals surface area contributed by atoms with E-state index in [0.29, 0.717) is 25.7 Å². The predicted molar refractivity (Wildman–Crippen MR) is 291 cm³/mol. The van der Waals surface area contributed by atoms with E-state index in [2.05, 4.69) is 27.7 Å². The number of carbonyl (C=O) groups is 2. The van der Waals surface area contributed by atoms with E-state index in [9.17, 15) is 40.2 Å². The normalized spacial score (nSPS) is 24.4. The van der Waals surface area contributed by atoms with Crippen LogP contribution in [-0.4, -0.2) is 117 Å². The molecule has 0 aliphatic carbocycles. The van der Waals surface area contributed by atoms with Crippen molar-refractivity contribution in [1.82, 2.24) is 0 Å². The maximum atomic E-state index is 13.7. The number of hydrogen-bond acceptors (Lipinski definition) is 13. The van der Waals surface area contributed by atoms with Crippen LogP contribution < -0.4 is 0 Å². The largest absolute Gasteiger partial charge is 0.463 e. The minimum Gasteiger partial charge on any atom is -0.463 e. The van der Waals surface area contributed by atoms with Crippen LogP contribution in [0.5, 0.6) is 0 Å². The lowest BCUT2D eigenvalue weighted by Gasteiger charge is -2.44. The number of carbonyl (C=O) groups excluding carboxylic acids is 2. The molecule has 0 radical (unpaired) electrons. The third-order valence-corrected chi connectivity index (χ3v) is 15.7. The number of aliphatic hydroxyl groups is 6. The molecule has 0 bridgehead atoms. The van der Waals surface area contributed by atoms with E-state index in [-0.39, 0.29) is 11.8 Å². The number of rotatable bonds is 48. The Morgan fingerprint density at radius 1 is 0.329 bits per heavy atom. The molecule has 0 aromatic heterocycles. The minimum atomic E-state index is -1.81. The fourth-order valence-corrected chi connectivity index (χ4v) is 10.6. The van der Waals surface area contributed by atoms with Crippen LogP contribution in [-0.2, 0) is 33.3 Å². The first-order chi connectivity index (χ1) is 35.5. The lowest BCUT2D eigenvalue weighted by molar-refractivity contribution is -0.376. The molecule has 2 aliphatic heterocycles. The van der Waals surface area contributed by atoms with Gasteiger partial charge in [-0.3, -0.25) is 9.59 Å². The SMILES string of the molecule is CCCCCCCCCCCC(CCCCCCCCCCC)C(=O)OCC1O[C@@H](O[C@@H]2OC(COC(=O)C(CCCCCCCCCCC)CCCCCCCCCCC)[C@H](O)[C@H](O)C2O)C(O)[C@@H](O)[C@H]1O. The summed E-state index contributed by atoms with van der Waals surface area (Å²) in [6, 6.07) is 0. The van der Waals surface area contributed by atoms with Gasteiger partial charge >= 0.3 is 11.9 Å². The summed E-state index contributed by atoms with van der Waals surface area (Å²) in [6.07, 6.45) is 28.8. The van der Waals surface area contributed by atoms with Crippen molar-refractivity contribution in [2.45, 2.75) is 346 Å². The molecule has 13 nitrogen and oxygen atoms in total. The first kappa shape index (κ1) is 67.7. The predicted octanol–water partition coefficient (Wildman–Crippen LogP) is 12.6. The molecule has 0 amide bonds. The highest BCUT2D eigenvalue weighted by Crippen LogP contribution is 2.30. The van der Waals surface area contributed by atoms with Gasteiger partial charge in [0.25, 0.3) is 0 Å². The van der Waals surface area contributed by atoms with E-state index >= 15 is 0 Å². The van der Waals surface area contributed by atoms with Crippen LogP contribution in [0.1, 0.15) is 285 Å². The fourth-order valence-electron chi connectivity index (χ4n) is 10.6. The molecule has 0 aromatic carbocycles. The lowest BCUT2D eigenvalue weighted by atomic mass is 9.94. The second-order valence-electron chi connectivity index (χ2n) is 22.3. The zero-order valence-electron chi connectivity index (χ0n) is 47.2. The molecule has 2 fully saturated rings. The van der Waals surface area contributed by atoms with Gasteiger partial charge in [-0.1, -0.05) is 259 Å². The average Bonchev–Trinajstić information content (AvgIpc) is 3.39. The molecular weight excluding hydrogens is 929 g/mol. The van der Waals surface area contributed by atoms with Crippen molar-refractivity contribution in [2.75, 3.05) is 13.2 Å². The number of hydrogen-bond donors (Lipinski definition) is 6. The molecule has 432 valence electrons. The quantitative estimate of drug-likeness (QED) is 0.0248. The van der Waals surface area contributed by atoms with Crippen molar-refractivity contribution < 1.29 is 63.9 Å². The van der Waals surface area contributed by atoms with Crippen LogP contribution in [0.3, 0.4) is 0 Å². The number of esters is 2. The van der Waals surface area contributed by atoms with Gasteiger partial charge in [0.15, 0.2) is 12.6 Å². The zero-order chi connectivity index (χ0) is 53.3. The van der Waals surface area contributed by atoms with Crippen molar-refractivity contribution >= 4 is 11.9 Å². The molecule has 0 saturated carbocycles. The van der Waals surface area contributed by atoms with Gasteiger partial charge in [-0.05, 0) is 25.7 Å². The average molecular weight is 1040 g/mol. The van der Waals surface area contributed by atoms with Gasteiger partial charge in [-0.15, -0.1) is 0 Å². The topological polar surface area (TPSA) is 202 Å². The van der Waals surface area contributed by atoms with E-state index in [1.807, 2.05) is 0 Å². The Kier molecular flexibility index (Phi) is 41.3. The summed E-state index contributed by atoms with van der Waals surface area (Å²) in [5.41, 5.74) is 0. The molecule has 2 saturated heterocycles. The Labute approximate surface area is 445 Å². The Balaban J connectivity index is 2.01. The van der Waals surface area contributed by atoms with Crippen LogP contribution in [0.2, 0.25) is 0 Å². The van der Waals surface area contributed by atoms with Gasteiger partial charge in [0.1, 0.15) is 62.0 Å². The Bertz CT molecular complexity index is 1150. The summed E-state index contributed by atoms with van der Waals surface area (Å²) in [6.45, 7) is 8.07. The van der Waals surface area contributed by atoms with E-state index in [4.69, 9.17) is 23.7 Å². The van der Waals surface area contributed by atoms with Crippen molar-refractivity contribution in [3.8, 4) is 0 Å². The van der Waals surface area contributed by atoms with Gasteiger partial charge in [-0.25, -0.2) is 0 Å². The minimum absolute atomic E-state index is 0.317. The maximum absolute atomic E-state index is 13.7. The summed E-state index contributed by atoms with van der Waals surface area (Å²) in [7, 11) is 0. The number of aliphatic hydroxyl groups excluding tert-OH is 6. The summed E-state index contributed by atoms with van der Waals surface area (Å²) < 4.78 is 29.2. The van der Waals surface area contributed by atoms with Crippen LogP contribution >= 0.6 is 0 Å². The van der Waals surface area contributed by atoms with Crippen molar-refractivity contribution in [3.05, 3.63) is 0 Å². The monoisotopic (exact) mass is 1040 g/mol. The highest BCUT2D eigenvalue weighted by Gasteiger charge is 2.50. The zero-order valence-corrected chi connectivity index (χ0v) is 47.2. The van der Waals surface area contributed by atoms with Gasteiger partial charge in [0.05, 0.1) is 11.8 Å². The molecule has 0 spiro atoms. The lowest BCUT2D eigenvalue weighted by Crippen LogP contribution is -2.64. The molecule has 10 atom stereocenters. The van der Waals surface area contributed by atoms with Crippen molar-refractivity contribution in [1.29, 1.82) is 0 Å². The summed E-state index contributed by atoms with van der Waals surface area (Å²) >= 11 is 0. The van der Waals surface area contributed by atoms with E-state index in [0.717, 1.165) is 77.0 Å². The molecule has 2 rings (SSSR count). The molecule has 0 aromatic rings. The molecule has 73 heavy (non-hydrogen) atoms. The number of unbranched alkanes of at least 4 members (excludes halogenated alkanes) is 32. The highest BCUT2D eigenvalue weighted by molar-refractivity contribution is 5.72. The first-order valence-electron chi connectivity index (χ1n) is 30.9. The van der Waals surface area contributed by atoms with Crippen LogP contribution in [0, 0.1) is 11.8 Å². The summed E-state index contributed by atoms with van der Waals surface area (Å²) in [5.74, 6) is -1.42.